The number of benzene rings is 2. The van der Waals surface area contributed by atoms with Crippen molar-refractivity contribution in [1.29, 1.82) is 5.41 Å². The molecule has 2 amide bonds. The van der Waals surface area contributed by atoms with Crippen molar-refractivity contribution < 1.29 is 35.9 Å². The van der Waals surface area contributed by atoms with Crippen LogP contribution in [0.15, 0.2) is 24.3 Å². The zero-order chi connectivity index (χ0) is 24.2. The maximum absolute atomic E-state index is 13.7. The quantitative estimate of drug-likeness (QED) is 0.510. The number of amides is 2. The van der Waals surface area contributed by atoms with Gasteiger partial charge < -0.3 is 19.8 Å². The van der Waals surface area contributed by atoms with Crippen molar-refractivity contribution >= 4 is 28.5 Å². The van der Waals surface area contributed by atoms with E-state index < -0.39 is 47.9 Å². The first-order chi connectivity index (χ1) is 15.4. The normalized spacial score (nSPS) is 13.5. The molecule has 4 rings (SSSR count). The highest BCUT2D eigenvalue weighted by molar-refractivity contribution is 6.13. The number of aryl methyl sites for hydroxylation is 1. The van der Waals surface area contributed by atoms with Gasteiger partial charge in [-0.1, -0.05) is 0 Å². The van der Waals surface area contributed by atoms with Crippen LogP contribution in [0.2, 0.25) is 0 Å². The Morgan fingerprint density at radius 2 is 1.94 bits per heavy atom. The van der Waals surface area contributed by atoms with Crippen LogP contribution < -0.4 is 16.3 Å². The minimum absolute atomic E-state index is 0.0349. The first-order valence-corrected chi connectivity index (χ1v) is 9.43. The molecule has 33 heavy (non-hydrogen) atoms. The molecule has 0 fully saturated rings. The molecule has 3 N–H and O–H groups in total. The van der Waals surface area contributed by atoms with Gasteiger partial charge in [-0.3, -0.25) is 15.0 Å². The minimum atomic E-state index is -4.89. The molecule has 0 atom stereocenters. The van der Waals surface area contributed by atoms with Crippen molar-refractivity contribution in [1.82, 2.24) is 14.5 Å². The maximum Gasteiger partial charge on any atom is 0.416 e. The van der Waals surface area contributed by atoms with Gasteiger partial charge in [0.25, 0.3) is 18.2 Å². The Morgan fingerprint density at radius 1 is 1.24 bits per heavy atom. The van der Waals surface area contributed by atoms with Crippen molar-refractivity contribution in [3.05, 3.63) is 58.0 Å². The zero-order valence-corrected chi connectivity index (χ0v) is 16.8. The van der Waals surface area contributed by atoms with Crippen LogP contribution in [0.3, 0.4) is 0 Å². The number of nitrogens with zero attached hydrogens (tertiary/aromatic N) is 2. The van der Waals surface area contributed by atoms with Crippen molar-refractivity contribution in [3.63, 3.8) is 0 Å². The van der Waals surface area contributed by atoms with Crippen LogP contribution in [-0.2, 0) is 26.3 Å². The van der Waals surface area contributed by atoms with Crippen LogP contribution in [0.25, 0.3) is 11.0 Å². The third-order valence-corrected chi connectivity index (χ3v) is 5.30. The molecule has 0 radical (unpaired) electrons. The Labute approximate surface area is 181 Å². The average Bonchev–Trinajstić information content (AvgIpc) is 3.20. The Hall–Kier alpha value is -3.77. The van der Waals surface area contributed by atoms with E-state index in [1.807, 2.05) is 0 Å². The van der Waals surface area contributed by atoms with Gasteiger partial charge in [0.15, 0.2) is 0 Å². The fourth-order valence-electron chi connectivity index (χ4n) is 3.84. The predicted octanol–water partition coefficient (Wildman–Crippen LogP) is 3.38. The molecule has 2 aromatic carbocycles. The predicted molar refractivity (Wildman–Crippen MR) is 103 cm³/mol. The van der Waals surface area contributed by atoms with E-state index in [4.69, 9.17) is 5.41 Å². The monoisotopic (exact) mass is 471 g/mol. The lowest BCUT2D eigenvalue weighted by Gasteiger charge is -2.13. The molecule has 0 aliphatic carbocycles. The average molecular weight is 471 g/mol. The first kappa shape index (κ1) is 22.4. The zero-order valence-electron chi connectivity index (χ0n) is 16.8. The Bertz CT molecular complexity index is 1370. The summed E-state index contributed by atoms with van der Waals surface area (Å²) in [6.45, 7) is -0.910. The molecule has 174 valence electrons. The number of alkyl halides is 5. The SMILES string of the molecule is Cn1c(=N)n(CC(F)F)c2cc(NC(=O)c3cc(F)cc(C(F)(F)F)c3)c3c(c21)C(=O)NC3. The van der Waals surface area contributed by atoms with E-state index in [2.05, 4.69) is 10.6 Å². The third kappa shape index (κ3) is 3.83. The van der Waals surface area contributed by atoms with Crippen LogP contribution in [0.1, 0.15) is 31.8 Å². The number of halogens is 6. The fourth-order valence-corrected chi connectivity index (χ4v) is 3.84. The smallest absolute Gasteiger partial charge is 0.348 e. The van der Waals surface area contributed by atoms with Gasteiger partial charge >= 0.3 is 6.18 Å². The molecule has 1 aliphatic heterocycles. The number of hydrogen-bond donors (Lipinski definition) is 3. The second kappa shape index (κ2) is 7.67. The van der Waals surface area contributed by atoms with Gasteiger partial charge in [0, 0.05) is 30.4 Å². The molecule has 0 bridgehead atoms. The van der Waals surface area contributed by atoms with Gasteiger partial charge in [-0.15, -0.1) is 0 Å². The van der Waals surface area contributed by atoms with Gasteiger partial charge in [0.1, 0.15) is 5.82 Å². The first-order valence-electron chi connectivity index (χ1n) is 9.43. The summed E-state index contributed by atoms with van der Waals surface area (Å²) < 4.78 is 81.1. The molecule has 0 saturated heterocycles. The fraction of sp³-hybridized carbons (Fsp3) is 0.250. The number of fused-ring (bicyclic) bond motifs is 3. The topological polar surface area (TPSA) is 91.9 Å². The molecule has 1 aliphatic rings. The lowest BCUT2D eigenvalue weighted by molar-refractivity contribution is -0.137. The third-order valence-electron chi connectivity index (χ3n) is 5.30. The van der Waals surface area contributed by atoms with Gasteiger partial charge in [0.05, 0.1) is 28.7 Å². The highest BCUT2D eigenvalue weighted by atomic mass is 19.4. The van der Waals surface area contributed by atoms with E-state index in [9.17, 15) is 35.9 Å². The minimum Gasteiger partial charge on any atom is -0.348 e. The van der Waals surface area contributed by atoms with E-state index in [-0.39, 0.29) is 46.1 Å². The summed E-state index contributed by atoms with van der Waals surface area (Å²) in [5.41, 5.74) is -1.80. The van der Waals surface area contributed by atoms with Crippen molar-refractivity contribution in [3.8, 4) is 0 Å². The summed E-state index contributed by atoms with van der Waals surface area (Å²) in [5, 5.41) is 13.0. The second-order valence-corrected chi connectivity index (χ2v) is 7.39. The molecular weight excluding hydrogens is 456 g/mol. The molecule has 1 aromatic heterocycles. The highest BCUT2D eigenvalue weighted by Gasteiger charge is 2.33. The molecule has 0 spiro atoms. The number of anilines is 1. The van der Waals surface area contributed by atoms with Crippen LogP contribution in [0.5, 0.6) is 0 Å². The van der Waals surface area contributed by atoms with Crippen LogP contribution >= 0.6 is 0 Å². The number of nitrogens with one attached hydrogen (secondary N) is 3. The van der Waals surface area contributed by atoms with Crippen LogP contribution in [0, 0.1) is 11.2 Å². The van der Waals surface area contributed by atoms with Crippen molar-refractivity contribution in [2.75, 3.05) is 5.32 Å². The van der Waals surface area contributed by atoms with Gasteiger partial charge in [0.2, 0.25) is 5.62 Å². The van der Waals surface area contributed by atoms with E-state index in [1.54, 1.807) is 0 Å². The number of hydrogen-bond acceptors (Lipinski definition) is 3. The summed E-state index contributed by atoms with van der Waals surface area (Å²) in [6.07, 6.45) is -7.71. The summed E-state index contributed by atoms with van der Waals surface area (Å²) >= 11 is 0. The molecular formula is C20H15F6N5O2. The van der Waals surface area contributed by atoms with Gasteiger partial charge in [-0.25, -0.2) is 13.2 Å². The standard InChI is InChI=1S/C20H15F6N5O2/c1-30-16-13(31(19(30)27)7-14(22)23)5-12(11-6-28-18(33)15(11)16)29-17(32)8-2-9(20(24,25)26)4-10(21)3-8/h2-5,14,27H,6-7H2,1H3,(H,28,33)(H,29,32). The second-order valence-electron chi connectivity index (χ2n) is 7.39. The Morgan fingerprint density at radius 3 is 2.58 bits per heavy atom. The molecule has 0 saturated carbocycles. The number of carbonyl (C=O) groups is 2. The van der Waals surface area contributed by atoms with Crippen molar-refractivity contribution in [2.45, 2.75) is 25.7 Å². The largest absolute Gasteiger partial charge is 0.416 e. The molecule has 13 heteroatoms. The lowest BCUT2D eigenvalue weighted by Crippen LogP contribution is -2.25. The summed E-state index contributed by atoms with van der Waals surface area (Å²) in [7, 11) is 1.42. The van der Waals surface area contributed by atoms with Crippen molar-refractivity contribution in [2.24, 2.45) is 7.05 Å². The van der Waals surface area contributed by atoms with Gasteiger partial charge in [-0.05, 0) is 24.3 Å². The molecule has 0 unspecified atom stereocenters. The Balaban J connectivity index is 1.86. The van der Waals surface area contributed by atoms with E-state index >= 15 is 0 Å². The van der Waals surface area contributed by atoms with Crippen LogP contribution in [-0.4, -0.2) is 27.4 Å². The van der Waals surface area contributed by atoms with Crippen LogP contribution in [0.4, 0.5) is 32.0 Å². The lowest BCUT2D eigenvalue weighted by atomic mass is 10.0. The molecule has 7 nitrogen and oxygen atoms in total. The Kier molecular flexibility index (Phi) is 5.21. The number of imidazole rings is 1. The molecule has 2 heterocycles. The van der Waals surface area contributed by atoms with E-state index in [0.717, 1.165) is 4.57 Å². The van der Waals surface area contributed by atoms with E-state index in [1.165, 1.54) is 17.7 Å². The van der Waals surface area contributed by atoms with Gasteiger partial charge in [-0.2, -0.15) is 13.2 Å². The number of aromatic nitrogens is 2. The molecule has 3 aromatic rings. The summed E-state index contributed by atoms with van der Waals surface area (Å²) in [5.74, 6) is -2.94. The maximum atomic E-state index is 13.7. The number of rotatable bonds is 4. The summed E-state index contributed by atoms with van der Waals surface area (Å²) in [6, 6.07) is 2.60. The summed E-state index contributed by atoms with van der Waals surface area (Å²) in [4.78, 5) is 25.1. The van der Waals surface area contributed by atoms with E-state index in [0.29, 0.717) is 12.1 Å². The number of carbonyl (C=O) groups excluding carboxylic acids is 2. The highest BCUT2D eigenvalue weighted by Crippen LogP contribution is 2.34.